The molecule has 2 aromatic rings. The van der Waals surface area contributed by atoms with Gasteiger partial charge in [0.1, 0.15) is 0 Å². The van der Waals surface area contributed by atoms with Gasteiger partial charge in [-0.2, -0.15) is 5.10 Å². The Balaban J connectivity index is 2.35. The normalized spacial score (nSPS) is 12.9. The van der Waals surface area contributed by atoms with Crippen molar-refractivity contribution in [3.8, 4) is 0 Å². The SMILES string of the molecule is CCCn1ncc(Br)c1C(N)c1cn(C)cn1. The maximum Gasteiger partial charge on any atom is 0.0947 e. The van der Waals surface area contributed by atoms with Gasteiger partial charge in [-0.3, -0.25) is 4.68 Å². The predicted octanol–water partition coefficient (Wildman–Crippen LogP) is 1.84. The third kappa shape index (κ3) is 2.42. The molecule has 0 spiro atoms. The highest BCUT2D eigenvalue weighted by Crippen LogP contribution is 2.25. The van der Waals surface area contributed by atoms with E-state index in [0.29, 0.717) is 0 Å². The summed E-state index contributed by atoms with van der Waals surface area (Å²) >= 11 is 3.49. The van der Waals surface area contributed by atoms with E-state index in [1.807, 2.05) is 22.5 Å². The quantitative estimate of drug-likeness (QED) is 0.937. The van der Waals surface area contributed by atoms with Crippen LogP contribution in [0.3, 0.4) is 0 Å². The number of hydrogen-bond donors (Lipinski definition) is 1. The van der Waals surface area contributed by atoms with Crippen molar-refractivity contribution in [3.05, 3.63) is 34.6 Å². The maximum absolute atomic E-state index is 6.24. The molecule has 0 radical (unpaired) electrons. The van der Waals surface area contributed by atoms with Crippen molar-refractivity contribution in [2.75, 3.05) is 0 Å². The first-order valence-corrected chi connectivity index (χ1v) is 6.37. The number of aryl methyl sites for hydroxylation is 2. The monoisotopic (exact) mass is 297 g/mol. The molecular weight excluding hydrogens is 282 g/mol. The number of aromatic nitrogens is 4. The predicted molar refractivity (Wildman–Crippen MR) is 69.5 cm³/mol. The number of nitrogens with two attached hydrogens (primary N) is 1. The zero-order valence-electron chi connectivity index (χ0n) is 9.97. The lowest BCUT2D eigenvalue weighted by molar-refractivity contribution is 0.556. The van der Waals surface area contributed by atoms with Gasteiger partial charge in [0.2, 0.25) is 0 Å². The summed E-state index contributed by atoms with van der Waals surface area (Å²) in [7, 11) is 1.93. The molecule has 0 aromatic carbocycles. The molecule has 0 saturated carbocycles. The van der Waals surface area contributed by atoms with Crippen LogP contribution in [-0.4, -0.2) is 19.3 Å². The summed E-state index contributed by atoms with van der Waals surface area (Å²) in [4.78, 5) is 4.29. The standard InChI is InChI=1S/C11H16BrN5/c1-3-4-17-11(8(12)5-15-17)10(13)9-6-16(2)7-14-9/h5-7,10H,3-4,13H2,1-2H3. The highest BCUT2D eigenvalue weighted by molar-refractivity contribution is 9.10. The molecule has 92 valence electrons. The molecule has 2 aromatic heterocycles. The van der Waals surface area contributed by atoms with Crippen LogP contribution in [0.2, 0.25) is 0 Å². The minimum Gasteiger partial charge on any atom is -0.340 e. The Kier molecular flexibility index (Phi) is 3.63. The van der Waals surface area contributed by atoms with E-state index >= 15 is 0 Å². The van der Waals surface area contributed by atoms with E-state index in [2.05, 4.69) is 32.9 Å². The van der Waals surface area contributed by atoms with Gasteiger partial charge in [-0.05, 0) is 22.4 Å². The highest BCUT2D eigenvalue weighted by Gasteiger charge is 2.19. The smallest absolute Gasteiger partial charge is 0.0947 e. The summed E-state index contributed by atoms with van der Waals surface area (Å²) in [5.74, 6) is 0. The Morgan fingerprint density at radius 3 is 2.88 bits per heavy atom. The lowest BCUT2D eigenvalue weighted by Crippen LogP contribution is -2.18. The number of nitrogens with zero attached hydrogens (tertiary/aromatic N) is 4. The first-order valence-electron chi connectivity index (χ1n) is 5.58. The van der Waals surface area contributed by atoms with Gasteiger partial charge in [0.05, 0.1) is 34.4 Å². The molecule has 0 aliphatic carbocycles. The van der Waals surface area contributed by atoms with Crippen LogP contribution in [0.15, 0.2) is 23.2 Å². The third-order valence-corrected chi connectivity index (χ3v) is 3.22. The van der Waals surface area contributed by atoms with Gasteiger partial charge in [-0.1, -0.05) is 6.92 Å². The molecule has 5 nitrogen and oxygen atoms in total. The van der Waals surface area contributed by atoms with Crippen molar-refractivity contribution >= 4 is 15.9 Å². The van der Waals surface area contributed by atoms with Crippen LogP contribution in [0, 0.1) is 0 Å². The Hall–Kier alpha value is -1.14. The summed E-state index contributed by atoms with van der Waals surface area (Å²) in [6.45, 7) is 2.98. The molecule has 0 aliphatic heterocycles. The van der Waals surface area contributed by atoms with Crippen LogP contribution in [0.1, 0.15) is 30.8 Å². The molecule has 0 fully saturated rings. The van der Waals surface area contributed by atoms with Crippen molar-refractivity contribution in [1.82, 2.24) is 19.3 Å². The van der Waals surface area contributed by atoms with Crippen LogP contribution in [0.4, 0.5) is 0 Å². The Labute approximate surface area is 109 Å². The maximum atomic E-state index is 6.24. The van der Waals surface area contributed by atoms with Gasteiger partial charge >= 0.3 is 0 Å². The fraction of sp³-hybridized carbons (Fsp3) is 0.455. The van der Waals surface area contributed by atoms with E-state index in [9.17, 15) is 0 Å². The minimum absolute atomic E-state index is 0.250. The summed E-state index contributed by atoms with van der Waals surface area (Å²) in [5.41, 5.74) is 8.07. The summed E-state index contributed by atoms with van der Waals surface area (Å²) in [5, 5.41) is 4.31. The Morgan fingerprint density at radius 1 is 1.53 bits per heavy atom. The number of halogens is 1. The van der Waals surface area contributed by atoms with Crippen molar-refractivity contribution in [1.29, 1.82) is 0 Å². The van der Waals surface area contributed by atoms with E-state index in [0.717, 1.165) is 28.8 Å². The topological polar surface area (TPSA) is 61.7 Å². The van der Waals surface area contributed by atoms with Crippen LogP contribution < -0.4 is 5.73 Å². The van der Waals surface area contributed by atoms with Gasteiger partial charge in [0, 0.05) is 19.8 Å². The summed E-state index contributed by atoms with van der Waals surface area (Å²) in [6, 6.07) is -0.250. The Bertz CT molecular complexity index is 502. The molecular formula is C11H16BrN5. The first-order chi connectivity index (χ1) is 8.13. The molecule has 6 heteroatoms. The zero-order chi connectivity index (χ0) is 12.4. The van der Waals surface area contributed by atoms with Gasteiger partial charge in [-0.15, -0.1) is 0 Å². The van der Waals surface area contributed by atoms with Crippen LogP contribution in [0.5, 0.6) is 0 Å². The van der Waals surface area contributed by atoms with Crippen molar-refractivity contribution < 1.29 is 0 Å². The van der Waals surface area contributed by atoms with Gasteiger partial charge in [-0.25, -0.2) is 4.98 Å². The second-order valence-corrected chi connectivity index (χ2v) is 4.90. The van der Waals surface area contributed by atoms with Crippen molar-refractivity contribution in [2.45, 2.75) is 25.9 Å². The minimum atomic E-state index is -0.250. The number of rotatable bonds is 4. The van der Waals surface area contributed by atoms with Crippen LogP contribution in [-0.2, 0) is 13.6 Å². The van der Waals surface area contributed by atoms with E-state index in [1.54, 1.807) is 12.5 Å². The second-order valence-electron chi connectivity index (χ2n) is 4.04. The van der Waals surface area contributed by atoms with E-state index < -0.39 is 0 Å². The molecule has 17 heavy (non-hydrogen) atoms. The summed E-state index contributed by atoms with van der Waals surface area (Å²) in [6.07, 6.45) is 6.49. The van der Waals surface area contributed by atoms with E-state index in [1.165, 1.54) is 0 Å². The van der Waals surface area contributed by atoms with Gasteiger partial charge in [0.15, 0.2) is 0 Å². The number of imidazole rings is 1. The second kappa shape index (κ2) is 5.01. The molecule has 2 N–H and O–H groups in total. The fourth-order valence-corrected chi connectivity index (χ4v) is 2.35. The molecule has 2 heterocycles. The van der Waals surface area contributed by atoms with Crippen molar-refractivity contribution in [3.63, 3.8) is 0 Å². The van der Waals surface area contributed by atoms with Gasteiger partial charge < -0.3 is 10.3 Å². The Morgan fingerprint density at radius 2 is 2.29 bits per heavy atom. The average Bonchev–Trinajstić information content (AvgIpc) is 2.86. The third-order valence-electron chi connectivity index (χ3n) is 2.61. The fourth-order valence-electron chi connectivity index (χ4n) is 1.80. The molecule has 0 bridgehead atoms. The largest absolute Gasteiger partial charge is 0.340 e. The molecule has 1 atom stereocenters. The van der Waals surface area contributed by atoms with Crippen LogP contribution in [0.25, 0.3) is 0 Å². The number of hydrogen-bond acceptors (Lipinski definition) is 3. The highest BCUT2D eigenvalue weighted by atomic mass is 79.9. The molecule has 0 aliphatic rings. The summed E-state index contributed by atoms with van der Waals surface area (Å²) < 4.78 is 4.76. The molecule has 1 unspecified atom stereocenters. The lowest BCUT2D eigenvalue weighted by atomic mass is 10.1. The van der Waals surface area contributed by atoms with E-state index in [4.69, 9.17) is 5.73 Å². The molecule has 0 saturated heterocycles. The lowest BCUT2D eigenvalue weighted by Gasteiger charge is -2.12. The average molecular weight is 298 g/mol. The van der Waals surface area contributed by atoms with E-state index in [-0.39, 0.29) is 6.04 Å². The zero-order valence-corrected chi connectivity index (χ0v) is 11.6. The van der Waals surface area contributed by atoms with Crippen LogP contribution >= 0.6 is 15.9 Å². The molecule has 0 amide bonds. The van der Waals surface area contributed by atoms with Gasteiger partial charge in [0.25, 0.3) is 0 Å². The van der Waals surface area contributed by atoms with Crippen molar-refractivity contribution in [2.24, 2.45) is 12.8 Å². The first kappa shape index (κ1) is 12.3. The molecule has 2 rings (SSSR count).